The van der Waals surface area contributed by atoms with Gasteiger partial charge in [-0.15, -0.1) is 0 Å². The van der Waals surface area contributed by atoms with Crippen LogP contribution in [0.15, 0.2) is 18.2 Å². The highest BCUT2D eigenvalue weighted by Gasteiger charge is 2.22. The van der Waals surface area contributed by atoms with Gasteiger partial charge in [0.2, 0.25) is 0 Å². The zero-order valence-electron chi connectivity index (χ0n) is 12.7. The fourth-order valence-electron chi connectivity index (χ4n) is 2.21. The lowest BCUT2D eigenvalue weighted by Gasteiger charge is -2.31. The van der Waals surface area contributed by atoms with E-state index in [0.717, 1.165) is 17.9 Å². The van der Waals surface area contributed by atoms with Crippen LogP contribution in [0.25, 0.3) is 0 Å². The Morgan fingerprint density at radius 1 is 1.45 bits per heavy atom. The van der Waals surface area contributed by atoms with E-state index in [0.29, 0.717) is 23.9 Å². The van der Waals surface area contributed by atoms with Crippen molar-refractivity contribution in [3.63, 3.8) is 0 Å². The molecule has 2 N–H and O–H groups in total. The van der Waals surface area contributed by atoms with Crippen LogP contribution >= 0.6 is 11.8 Å². The van der Waals surface area contributed by atoms with Crippen LogP contribution in [0.3, 0.4) is 0 Å². The second-order valence-corrected chi connectivity index (χ2v) is 5.50. The van der Waals surface area contributed by atoms with Gasteiger partial charge in [-0.25, -0.2) is 4.79 Å². The average molecular weight is 296 g/mol. The van der Waals surface area contributed by atoms with E-state index in [-0.39, 0.29) is 5.97 Å². The topological polar surface area (TPSA) is 55.6 Å². The van der Waals surface area contributed by atoms with Gasteiger partial charge in [-0.05, 0) is 31.7 Å². The molecule has 112 valence electrons. The first-order chi connectivity index (χ1) is 9.56. The molecule has 0 amide bonds. The molecule has 1 aromatic rings. The highest BCUT2D eigenvalue weighted by Crippen LogP contribution is 2.30. The molecule has 5 heteroatoms. The van der Waals surface area contributed by atoms with Crippen LogP contribution in [0.5, 0.6) is 0 Å². The van der Waals surface area contributed by atoms with Gasteiger partial charge in [0.05, 0.1) is 23.5 Å². The van der Waals surface area contributed by atoms with E-state index in [1.54, 1.807) is 30.8 Å². The van der Waals surface area contributed by atoms with Crippen molar-refractivity contribution >= 4 is 29.1 Å². The van der Waals surface area contributed by atoms with Crippen molar-refractivity contribution in [2.45, 2.75) is 26.3 Å². The van der Waals surface area contributed by atoms with E-state index < -0.39 is 0 Å². The smallest absolute Gasteiger partial charge is 0.340 e. The Kier molecular flexibility index (Phi) is 6.71. The minimum atomic E-state index is -0.319. The fraction of sp³-hybridized carbons (Fsp3) is 0.533. The molecular formula is C15H24N2O2S. The Balaban J connectivity index is 3.17. The predicted octanol–water partition coefficient (Wildman–Crippen LogP) is 3.02. The monoisotopic (exact) mass is 296 g/mol. The lowest BCUT2D eigenvalue weighted by molar-refractivity contribution is 0.0527. The molecule has 0 fully saturated rings. The maximum Gasteiger partial charge on any atom is 0.340 e. The minimum Gasteiger partial charge on any atom is -0.462 e. The van der Waals surface area contributed by atoms with Crippen molar-refractivity contribution in [1.29, 1.82) is 0 Å². The van der Waals surface area contributed by atoms with Crippen molar-refractivity contribution in [2.75, 3.05) is 36.3 Å². The molecule has 0 aliphatic carbocycles. The highest BCUT2D eigenvalue weighted by atomic mass is 32.2. The van der Waals surface area contributed by atoms with E-state index in [4.69, 9.17) is 10.5 Å². The lowest BCUT2D eigenvalue weighted by Crippen LogP contribution is -2.35. The number of hydrogen-bond acceptors (Lipinski definition) is 5. The summed E-state index contributed by atoms with van der Waals surface area (Å²) in [6.45, 7) is 4.30. The molecule has 0 aromatic heterocycles. The maximum atomic E-state index is 12.1. The molecule has 0 heterocycles. The van der Waals surface area contributed by atoms with Crippen molar-refractivity contribution < 1.29 is 9.53 Å². The van der Waals surface area contributed by atoms with Crippen LogP contribution in [-0.2, 0) is 4.74 Å². The normalized spacial score (nSPS) is 12.0. The third kappa shape index (κ3) is 3.82. The summed E-state index contributed by atoms with van der Waals surface area (Å²) < 4.78 is 5.12. The summed E-state index contributed by atoms with van der Waals surface area (Å²) in [7, 11) is 1.98. The number of carbonyl (C=O) groups is 1. The molecule has 1 unspecified atom stereocenters. The van der Waals surface area contributed by atoms with Gasteiger partial charge < -0.3 is 15.4 Å². The molecular weight excluding hydrogens is 272 g/mol. The molecule has 0 aliphatic heterocycles. The predicted molar refractivity (Wildman–Crippen MR) is 87.7 cm³/mol. The van der Waals surface area contributed by atoms with Crippen molar-refractivity contribution in [2.24, 2.45) is 0 Å². The second-order valence-electron chi connectivity index (χ2n) is 4.59. The van der Waals surface area contributed by atoms with E-state index in [2.05, 4.69) is 18.1 Å². The molecule has 0 radical (unpaired) electrons. The van der Waals surface area contributed by atoms with E-state index >= 15 is 0 Å². The lowest BCUT2D eigenvalue weighted by atomic mass is 10.1. The van der Waals surface area contributed by atoms with Gasteiger partial charge in [0.25, 0.3) is 0 Å². The van der Waals surface area contributed by atoms with Crippen LogP contribution in [0.1, 0.15) is 30.6 Å². The van der Waals surface area contributed by atoms with Crippen molar-refractivity contribution in [3.05, 3.63) is 23.8 Å². The quantitative estimate of drug-likeness (QED) is 0.619. The minimum absolute atomic E-state index is 0.319. The Hall–Kier alpha value is -1.36. The Labute approximate surface area is 125 Å². The number of nitrogens with two attached hydrogens (primary N) is 1. The number of thioether (sulfide) groups is 1. The van der Waals surface area contributed by atoms with Crippen LogP contribution in [-0.4, -0.2) is 37.7 Å². The van der Waals surface area contributed by atoms with E-state index in [9.17, 15) is 4.79 Å². The van der Waals surface area contributed by atoms with Gasteiger partial charge in [-0.1, -0.05) is 13.0 Å². The van der Waals surface area contributed by atoms with Crippen molar-refractivity contribution in [3.8, 4) is 0 Å². The van der Waals surface area contributed by atoms with Gasteiger partial charge in [0, 0.05) is 18.8 Å². The first kappa shape index (κ1) is 16.7. The number of anilines is 2. The maximum absolute atomic E-state index is 12.1. The largest absolute Gasteiger partial charge is 0.462 e. The highest BCUT2D eigenvalue weighted by molar-refractivity contribution is 7.98. The van der Waals surface area contributed by atoms with Gasteiger partial charge in [-0.3, -0.25) is 0 Å². The molecule has 0 saturated heterocycles. The zero-order valence-corrected chi connectivity index (χ0v) is 13.5. The Morgan fingerprint density at radius 3 is 2.70 bits per heavy atom. The van der Waals surface area contributed by atoms with Crippen LogP contribution < -0.4 is 10.6 Å². The summed E-state index contributed by atoms with van der Waals surface area (Å²) in [5.41, 5.74) is 8.00. The van der Waals surface area contributed by atoms with Crippen LogP contribution in [0, 0.1) is 0 Å². The fourth-order valence-corrected chi connectivity index (χ4v) is 3.05. The summed E-state index contributed by atoms with van der Waals surface area (Å²) in [5, 5.41) is 0. The summed E-state index contributed by atoms with van der Waals surface area (Å²) >= 11 is 1.79. The summed E-state index contributed by atoms with van der Waals surface area (Å²) in [6, 6.07) is 5.71. The Bertz CT molecular complexity index is 451. The summed E-state index contributed by atoms with van der Waals surface area (Å²) in [6.07, 6.45) is 3.07. The summed E-state index contributed by atoms with van der Waals surface area (Å²) in [5.74, 6) is 0.671. The first-order valence-electron chi connectivity index (χ1n) is 6.84. The SMILES string of the molecule is CCOC(=O)c1cccc(N)c1N(C)C(CC)CSC. The average Bonchev–Trinajstić information content (AvgIpc) is 2.44. The Morgan fingerprint density at radius 2 is 2.15 bits per heavy atom. The second kappa shape index (κ2) is 8.04. The number of hydrogen-bond donors (Lipinski definition) is 1. The number of nitrogen functional groups attached to an aromatic ring is 1. The van der Waals surface area contributed by atoms with Gasteiger partial charge in [0.1, 0.15) is 0 Å². The van der Waals surface area contributed by atoms with Crippen LogP contribution in [0.2, 0.25) is 0 Å². The molecule has 0 aliphatic rings. The number of carbonyl (C=O) groups excluding carboxylic acids is 1. The number of rotatable bonds is 7. The number of esters is 1. The third-order valence-corrected chi connectivity index (χ3v) is 4.01. The third-order valence-electron chi connectivity index (χ3n) is 3.29. The van der Waals surface area contributed by atoms with E-state index in [1.807, 2.05) is 13.1 Å². The van der Waals surface area contributed by atoms with Crippen molar-refractivity contribution in [1.82, 2.24) is 0 Å². The van der Waals surface area contributed by atoms with Gasteiger partial charge in [0.15, 0.2) is 0 Å². The van der Waals surface area contributed by atoms with E-state index in [1.165, 1.54) is 0 Å². The van der Waals surface area contributed by atoms with Crippen LogP contribution in [0.4, 0.5) is 11.4 Å². The number of ether oxygens (including phenoxy) is 1. The molecule has 1 atom stereocenters. The molecule has 0 spiro atoms. The number of benzene rings is 1. The number of nitrogens with zero attached hydrogens (tertiary/aromatic N) is 1. The van der Waals surface area contributed by atoms with Gasteiger partial charge in [-0.2, -0.15) is 11.8 Å². The first-order valence-corrected chi connectivity index (χ1v) is 8.23. The number of para-hydroxylation sites is 1. The molecule has 1 rings (SSSR count). The molecule has 0 bridgehead atoms. The molecule has 20 heavy (non-hydrogen) atoms. The molecule has 1 aromatic carbocycles. The molecule has 4 nitrogen and oxygen atoms in total. The summed E-state index contributed by atoms with van der Waals surface area (Å²) in [4.78, 5) is 14.2. The standard InChI is InChI=1S/C15H24N2O2S/c1-5-11(10-20-4)17(3)14-12(15(18)19-6-2)8-7-9-13(14)16/h7-9,11H,5-6,10,16H2,1-4H3. The molecule has 0 saturated carbocycles. The van der Waals surface area contributed by atoms with Gasteiger partial charge >= 0.3 is 5.97 Å². The zero-order chi connectivity index (χ0) is 15.1.